The first-order valence-corrected chi connectivity index (χ1v) is 9.32. The SMILES string of the molecule is C(=C\c1ccn[nH]1)/c1ccccc1.Clc1cccc(Cl)c1/C=C/c1ccn[nH]1. The van der Waals surface area contributed by atoms with Crippen molar-refractivity contribution in [3.8, 4) is 0 Å². The van der Waals surface area contributed by atoms with Gasteiger partial charge >= 0.3 is 0 Å². The van der Waals surface area contributed by atoms with Crippen LogP contribution in [0.4, 0.5) is 0 Å². The fourth-order valence-electron chi connectivity index (χ4n) is 2.31. The number of aromatic nitrogens is 4. The van der Waals surface area contributed by atoms with Gasteiger partial charge in [0.05, 0.1) is 11.4 Å². The van der Waals surface area contributed by atoms with E-state index in [-0.39, 0.29) is 0 Å². The molecule has 0 saturated heterocycles. The minimum Gasteiger partial charge on any atom is -0.278 e. The Labute approximate surface area is 173 Å². The molecule has 2 aromatic carbocycles. The summed E-state index contributed by atoms with van der Waals surface area (Å²) in [6.45, 7) is 0. The van der Waals surface area contributed by atoms with Crippen molar-refractivity contribution in [3.05, 3.63) is 106 Å². The molecule has 0 amide bonds. The van der Waals surface area contributed by atoms with Crippen LogP contribution in [0.5, 0.6) is 0 Å². The van der Waals surface area contributed by atoms with Gasteiger partial charge < -0.3 is 0 Å². The Kier molecular flexibility index (Phi) is 7.24. The lowest BCUT2D eigenvalue weighted by Crippen LogP contribution is -1.77. The lowest BCUT2D eigenvalue weighted by atomic mass is 10.2. The van der Waals surface area contributed by atoms with E-state index in [2.05, 4.69) is 32.5 Å². The first kappa shape index (κ1) is 19.7. The van der Waals surface area contributed by atoms with Crippen LogP contribution in [-0.2, 0) is 0 Å². The molecule has 0 radical (unpaired) electrons. The third kappa shape index (κ3) is 5.98. The molecule has 28 heavy (non-hydrogen) atoms. The first-order valence-electron chi connectivity index (χ1n) is 8.56. The summed E-state index contributed by atoms with van der Waals surface area (Å²) in [6.07, 6.45) is 11.2. The van der Waals surface area contributed by atoms with E-state index in [1.165, 1.54) is 5.56 Å². The average molecular weight is 409 g/mol. The minimum absolute atomic E-state index is 0.637. The summed E-state index contributed by atoms with van der Waals surface area (Å²) in [4.78, 5) is 0. The van der Waals surface area contributed by atoms with Crippen molar-refractivity contribution in [1.29, 1.82) is 0 Å². The van der Waals surface area contributed by atoms with Crippen molar-refractivity contribution in [1.82, 2.24) is 20.4 Å². The van der Waals surface area contributed by atoms with Crippen LogP contribution in [0.15, 0.2) is 73.1 Å². The molecular formula is C22H18Cl2N4. The molecule has 2 N–H and O–H groups in total. The second-order valence-electron chi connectivity index (χ2n) is 5.74. The van der Waals surface area contributed by atoms with E-state index in [4.69, 9.17) is 23.2 Å². The maximum Gasteiger partial charge on any atom is 0.0578 e. The quantitative estimate of drug-likeness (QED) is 0.406. The Morgan fingerprint density at radius 2 is 1.18 bits per heavy atom. The van der Waals surface area contributed by atoms with Gasteiger partial charge in [-0.1, -0.05) is 65.7 Å². The first-order chi connectivity index (χ1) is 13.7. The number of nitrogens with one attached hydrogen (secondary N) is 2. The number of aromatic amines is 2. The van der Waals surface area contributed by atoms with Gasteiger partial charge in [0.2, 0.25) is 0 Å². The van der Waals surface area contributed by atoms with Crippen LogP contribution in [-0.4, -0.2) is 20.4 Å². The van der Waals surface area contributed by atoms with E-state index < -0.39 is 0 Å². The van der Waals surface area contributed by atoms with Gasteiger partial charge in [0.15, 0.2) is 0 Å². The highest BCUT2D eigenvalue weighted by molar-refractivity contribution is 6.37. The highest BCUT2D eigenvalue weighted by Gasteiger charge is 2.00. The van der Waals surface area contributed by atoms with Crippen molar-refractivity contribution < 1.29 is 0 Å². The predicted molar refractivity (Wildman–Crippen MR) is 118 cm³/mol. The Morgan fingerprint density at radius 1 is 0.607 bits per heavy atom. The van der Waals surface area contributed by atoms with Gasteiger partial charge in [-0.25, -0.2) is 0 Å². The second kappa shape index (κ2) is 10.3. The topological polar surface area (TPSA) is 57.4 Å². The maximum atomic E-state index is 6.01. The van der Waals surface area contributed by atoms with Gasteiger partial charge in [-0.3, -0.25) is 10.2 Å². The molecule has 6 heteroatoms. The van der Waals surface area contributed by atoms with Gasteiger partial charge in [-0.2, -0.15) is 10.2 Å². The molecule has 0 atom stereocenters. The normalized spacial score (nSPS) is 10.9. The third-order valence-electron chi connectivity index (χ3n) is 3.73. The lowest BCUT2D eigenvalue weighted by Gasteiger charge is -1.99. The molecule has 0 spiro atoms. The zero-order valence-corrected chi connectivity index (χ0v) is 16.4. The summed E-state index contributed by atoms with van der Waals surface area (Å²) in [6, 6.07) is 19.4. The molecule has 4 nitrogen and oxygen atoms in total. The average Bonchev–Trinajstić information content (AvgIpc) is 3.42. The zero-order valence-electron chi connectivity index (χ0n) is 14.9. The molecule has 140 valence electrons. The van der Waals surface area contributed by atoms with E-state index in [1.807, 2.05) is 60.7 Å². The van der Waals surface area contributed by atoms with E-state index in [1.54, 1.807) is 24.5 Å². The molecule has 0 saturated carbocycles. The van der Waals surface area contributed by atoms with Crippen LogP contribution in [0.25, 0.3) is 24.3 Å². The van der Waals surface area contributed by atoms with E-state index in [0.29, 0.717) is 10.0 Å². The Morgan fingerprint density at radius 3 is 1.71 bits per heavy atom. The monoisotopic (exact) mass is 408 g/mol. The van der Waals surface area contributed by atoms with Crippen LogP contribution in [0.3, 0.4) is 0 Å². The van der Waals surface area contributed by atoms with Gasteiger partial charge in [0, 0.05) is 28.0 Å². The van der Waals surface area contributed by atoms with Crippen LogP contribution < -0.4 is 0 Å². The molecule has 0 aliphatic heterocycles. The molecule has 4 aromatic rings. The standard InChI is InChI=1S/C11H8Cl2N2.C11H10N2/c12-10-2-1-3-11(13)9(10)5-4-8-6-7-14-15-8;1-2-4-10(5-3-1)6-7-11-8-9-12-13-11/h1-7H,(H,14,15);1-9H,(H,12,13)/b5-4+;7-6+. The number of hydrogen-bond acceptors (Lipinski definition) is 2. The number of nitrogens with zero attached hydrogens (tertiary/aromatic N) is 2. The number of rotatable bonds is 4. The van der Waals surface area contributed by atoms with Crippen LogP contribution >= 0.6 is 23.2 Å². The van der Waals surface area contributed by atoms with Crippen molar-refractivity contribution >= 4 is 47.5 Å². The van der Waals surface area contributed by atoms with Crippen molar-refractivity contribution in [3.63, 3.8) is 0 Å². The Bertz CT molecular complexity index is 1000. The molecule has 0 unspecified atom stereocenters. The van der Waals surface area contributed by atoms with E-state index in [0.717, 1.165) is 17.0 Å². The third-order valence-corrected chi connectivity index (χ3v) is 4.39. The summed E-state index contributed by atoms with van der Waals surface area (Å²) in [5, 5.41) is 14.7. The highest BCUT2D eigenvalue weighted by Crippen LogP contribution is 2.25. The van der Waals surface area contributed by atoms with Gasteiger partial charge in [0.25, 0.3) is 0 Å². The minimum atomic E-state index is 0.637. The summed E-state index contributed by atoms with van der Waals surface area (Å²) in [5.41, 5.74) is 3.93. The number of halogens is 2. The van der Waals surface area contributed by atoms with Crippen molar-refractivity contribution in [2.45, 2.75) is 0 Å². The zero-order chi connectivity index (χ0) is 19.6. The van der Waals surface area contributed by atoms with Gasteiger partial charge in [0.1, 0.15) is 0 Å². The van der Waals surface area contributed by atoms with Crippen molar-refractivity contribution in [2.75, 3.05) is 0 Å². The molecule has 0 fully saturated rings. The Balaban J connectivity index is 0.000000162. The maximum absolute atomic E-state index is 6.01. The predicted octanol–water partition coefficient (Wildman–Crippen LogP) is 6.47. The van der Waals surface area contributed by atoms with Crippen LogP contribution in [0, 0.1) is 0 Å². The van der Waals surface area contributed by atoms with Gasteiger partial charge in [-0.05, 0) is 48.1 Å². The van der Waals surface area contributed by atoms with E-state index in [9.17, 15) is 0 Å². The number of benzene rings is 2. The van der Waals surface area contributed by atoms with Crippen LogP contribution in [0.1, 0.15) is 22.5 Å². The summed E-state index contributed by atoms with van der Waals surface area (Å²) in [7, 11) is 0. The fraction of sp³-hybridized carbons (Fsp3) is 0. The summed E-state index contributed by atoms with van der Waals surface area (Å²) in [5.74, 6) is 0. The smallest absolute Gasteiger partial charge is 0.0578 e. The van der Waals surface area contributed by atoms with Crippen LogP contribution in [0.2, 0.25) is 10.0 Å². The molecule has 2 aromatic heterocycles. The largest absolute Gasteiger partial charge is 0.278 e. The molecular weight excluding hydrogens is 391 g/mol. The summed E-state index contributed by atoms with van der Waals surface area (Å²) >= 11 is 12.0. The Hall–Kier alpha value is -3.08. The van der Waals surface area contributed by atoms with Crippen molar-refractivity contribution in [2.24, 2.45) is 0 Å². The molecule has 2 heterocycles. The summed E-state index contributed by atoms with van der Waals surface area (Å²) < 4.78 is 0. The highest BCUT2D eigenvalue weighted by atomic mass is 35.5. The van der Waals surface area contributed by atoms with Gasteiger partial charge in [-0.15, -0.1) is 0 Å². The molecule has 0 aliphatic rings. The number of H-pyrrole nitrogens is 2. The number of hydrogen-bond donors (Lipinski definition) is 2. The lowest BCUT2D eigenvalue weighted by molar-refractivity contribution is 1.08. The second-order valence-corrected chi connectivity index (χ2v) is 6.55. The fourth-order valence-corrected chi connectivity index (χ4v) is 2.84. The molecule has 4 rings (SSSR count). The van der Waals surface area contributed by atoms with E-state index >= 15 is 0 Å². The molecule has 0 bridgehead atoms. The molecule has 0 aliphatic carbocycles.